The van der Waals surface area contributed by atoms with Crippen molar-refractivity contribution in [1.82, 2.24) is 0 Å². The minimum Gasteiger partial charge on any atom is -0.479 e. The molecule has 0 heterocycles. The van der Waals surface area contributed by atoms with Crippen molar-refractivity contribution >= 4 is 23.3 Å². The molecule has 3 N–H and O–H groups in total. The van der Waals surface area contributed by atoms with Gasteiger partial charge in [0.25, 0.3) is 0 Å². The first-order valence-electron chi connectivity index (χ1n) is 6.86. The molecule has 0 aliphatic heterocycles. The van der Waals surface area contributed by atoms with E-state index in [9.17, 15) is 14.7 Å². The molecule has 2 aromatic carbocycles. The van der Waals surface area contributed by atoms with Gasteiger partial charge in [0.1, 0.15) is 0 Å². The fraction of sp³-hybridized carbons (Fsp3) is 0.118. The monoisotopic (exact) mass is 309 g/mol. The first kappa shape index (κ1) is 16.0. The van der Waals surface area contributed by atoms with Crippen LogP contribution in [0.2, 0.25) is 0 Å². The largest absolute Gasteiger partial charge is 0.479 e. The van der Waals surface area contributed by atoms with Gasteiger partial charge >= 0.3 is 5.97 Å². The van der Waals surface area contributed by atoms with E-state index in [1.807, 2.05) is 6.07 Å². The van der Waals surface area contributed by atoms with Gasteiger partial charge in [0.2, 0.25) is 5.91 Å². The summed E-state index contributed by atoms with van der Waals surface area (Å²) in [6.07, 6.45) is 0. The SMILES string of the molecule is CC(=O)Nc1cccc(C(Nc2ccc(C#N)cc2)C(=O)O)c1. The summed E-state index contributed by atoms with van der Waals surface area (Å²) < 4.78 is 0. The Bertz CT molecular complexity index is 763. The number of amides is 1. The van der Waals surface area contributed by atoms with E-state index in [4.69, 9.17) is 5.26 Å². The van der Waals surface area contributed by atoms with E-state index in [0.717, 1.165) is 0 Å². The van der Waals surface area contributed by atoms with Crippen LogP contribution in [0.4, 0.5) is 11.4 Å². The number of hydrogen-bond donors (Lipinski definition) is 3. The third kappa shape index (κ3) is 4.32. The summed E-state index contributed by atoms with van der Waals surface area (Å²) in [5.74, 6) is -1.27. The molecule has 0 saturated heterocycles. The number of rotatable bonds is 5. The lowest BCUT2D eigenvalue weighted by Crippen LogP contribution is -2.20. The molecule has 0 aliphatic carbocycles. The van der Waals surface area contributed by atoms with Crippen LogP contribution in [0, 0.1) is 11.3 Å². The van der Waals surface area contributed by atoms with Crippen molar-refractivity contribution in [2.45, 2.75) is 13.0 Å². The summed E-state index contributed by atoms with van der Waals surface area (Å²) in [4.78, 5) is 22.7. The summed E-state index contributed by atoms with van der Waals surface area (Å²) in [5.41, 5.74) is 2.12. The minimum atomic E-state index is -1.05. The average molecular weight is 309 g/mol. The first-order chi connectivity index (χ1) is 11.0. The van der Waals surface area contributed by atoms with Gasteiger partial charge in [-0.3, -0.25) is 4.79 Å². The van der Waals surface area contributed by atoms with Crippen molar-refractivity contribution < 1.29 is 14.7 Å². The van der Waals surface area contributed by atoms with E-state index >= 15 is 0 Å². The Morgan fingerprint density at radius 2 is 1.83 bits per heavy atom. The molecule has 6 nitrogen and oxygen atoms in total. The van der Waals surface area contributed by atoms with Crippen LogP contribution in [0.3, 0.4) is 0 Å². The molecule has 1 atom stereocenters. The standard InChI is InChI=1S/C17H15N3O3/c1-11(21)19-15-4-2-3-13(9-15)16(17(22)23)20-14-7-5-12(10-18)6-8-14/h2-9,16,20H,1H3,(H,19,21)(H,22,23). The molecule has 2 rings (SSSR count). The molecular weight excluding hydrogens is 294 g/mol. The maximum absolute atomic E-state index is 11.6. The maximum atomic E-state index is 11.6. The quantitative estimate of drug-likeness (QED) is 0.788. The maximum Gasteiger partial charge on any atom is 0.330 e. The number of anilines is 2. The van der Waals surface area contributed by atoms with Crippen molar-refractivity contribution in [3.63, 3.8) is 0 Å². The summed E-state index contributed by atoms with van der Waals surface area (Å²) in [6, 6.07) is 14.2. The number of carboxylic acid groups (broad SMARTS) is 1. The lowest BCUT2D eigenvalue weighted by molar-refractivity contribution is -0.138. The normalized spacial score (nSPS) is 11.1. The van der Waals surface area contributed by atoms with Gasteiger partial charge in [-0.05, 0) is 42.0 Å². The fourth-order valence-corrected chi connectivity index (χ4v) is 2.09. The number of nitrogens with one attached hydrogen (secondary N) is 2. The number of carbonyl (C=O) groups is 2. The zero-order valence-corrected chi connectivity index (χ0v) is 12.4. The van der Waals surface area contributed by atoms with E-state index in [-0.39, 0.29) is 5.91 Å². The second-order valence-electron chi connectivity index (χ2n) is 4.91. The topological polar surface area (TPSA) is 102 Å². The molecule has 0 bridgehead atoms. The summed E-state index contributed by atoms with van der Waals surface area (Å²) in [5, 5.41) is 23.8. The molecule has 0 radical (unpaired) electrons. The van der Waals surface area contributed by atoms with Crippen LogP contribution in [-0.2, 0) is 9.59 Å². The first-order valence-corrected chi connectivity index (χ1v) is 6.86. The Labute approximate surface area is 133 Å². The van der Waals surface area contributed by atoms with Crippen molar-refractivity contribution in [2.75, 3.05) is 10.6 Å². The van der Waals surface area contributed by atoms with Gasteiger partial charge in [0.15, 0.2) is 6.04 Å². The Hall–Kier alpha value is -3.33. The van der Waals surface area contributed by atoms with Crippen molar-refractivity contribution in [2.24, 2.45) is 0 Å². The zero-order chi connectivity index (χ0) is 16.8. The molecule has 0 saturated carbocycles. The number of carboxylic acids is 1. The Balaban J connectivity index is 2.25. The second kappa shape index (κ2) is 7.09. The van der Waals surface area contributed by atoms with Crippen molar-refractivity contribution in [1.29, 1.82) is 5.26 Å². The van der Waals surface area contributed by atoms with Crippen molar-refractivity contribution in [3.8, 4) is 6.07 Å². The van der Waals surface area contributed by atoms with E-state index in [1.54, 1.807) is 48.5 Å². The van der Waals surface area contributed by atoms with Gasteiger partial charge < -0.3 is 15.7 Å². The van der Waals surface area contributed by atoms with E-state index < -0.39 is 12.0 Å². The third-order valence-electron chi connectivity index (χ3n) is 3.11. The molecular formula is C17H15N3O3. The van der Waals surface area contributed by atoms with Crippen LogP contribution in [0.5, 0.6) is 0 Å². The van der Waals surface area contributed by atoms with Gasteiger partial charge in [-0.1, -0.05) is 12.1 Å². The molecule has 0 aromatic heterocycles. The molecule has 6 heteroatoms. The molecule has 0 spiro atoms. The average Bonchev–Trinajstić information content (AvgIpc) is 2.52. The molecule has 1 unspecified atom stereocenters. The highest BCUT2D eigenvalue weighted by atomic mass is 16.4. The van der Waals surface area contributed by atoms with Crippen LogP contribution in [0.15, 0.2) is 48.5 Å². The van der Waals surface area contributed by atoms with Crippen LogP contribution in [0.1, 0.15) is 24.1 Å². The number of carbonyl (C=O) groups excluding carboxylic acids is 1. The number of nitrogens with zero attached hydrogens (tertiary/aromatic N) is 1. The smallest absolute Gasteiger partial charge is 0.330 e. The third-order valence-corrected chi connectivity index (χ3v) is 3.11. The fourth-order valence-electron chi connectivity index (χ4n) is 2.09. The number of benzene rings is 2. The Kier molecular flexibility index (Phi) is 4.95. The number of hydrogen-bond acceptors (Lipinski definition) is 4. The molecule has 0 aliphatic rings. The van der Waals surface area contributed by atoms with Crippen LogP contribution in [0.25, 0.3) is 0 Å². The predicted octanol–water partition coefficient (Wildman–Crippen LogP) is 2.75. The van der Waals surface area contributed by atoms with Gasteiger partial charge in [-0.2, -0.15) is 5.26 Å². The molecule has 2 aromatic rings. The minimum absolute atomic E-state index is 0.228. The van der Waals surface area contributed by atoms with E-state index in [2.05, 4.69) is 10.6 Å². The highest BCUT2D eigenvalue weighted by Crippen LogP contribution is 2.23. The van der Waals surface area contributed by atoms with Crippen LogP contribution in [-0.4, -0.2) is 17.0 Å². The highest BCUT2D eigenvalue weighted by Gasteiger charge is 2.20. The van der Waals surface area contributed by atoms with Gasteiger partial charge in [0, 0.05) is 18.3 Å². The second-order valence-corrected chi connectivity index (χ2v) is 4.91. The lowest BCUT2D eigenvalue weighted by atomic mass is 10.1. The van der Waals surface area contributed by atoms with Gasteiger partial charge in [-0.25, -0.2) is 4.79 Å². The molecule has 23 heavy (non-hydrogen) atoms. The summed E-state index contributed by atoms with van der Waals surface area (Å²) in [7, 11) is 0. The van der Waals surface area contributed by atoms with Gasteiger partial charge in [-0.15, -0.1) is 0 Å². The molecule has 1 amide bonds. The summed E-state index contributed by atoms with van der Waals surface area (Å²) in [6.45, 7) is 1.39. The van der Waals surface area contributed by atoms with E-state index in [1.165, 1.54) is 6.92 Å². The van der Waals surface area contributed by atoms with Crippen LogP contribution < -0.4 is 10.6 Å². The van der Waals surface area contributed by atoms with Crippen LogP contribution >= 0.6 is 0 Å². The predicted molar refractivity (Wildman–Crippen MR) is 85.9 cm³/mol. The molecule has 116 valence electrons. The zero-order valence-electron chi connectivity index (χ0n) is 12.4. The summed E-state index contributed by atoms with van der Waals surface area (Å²) >= 11 is 0. The Morgan fingerprint density at radius 3 is 2.39 bits per heavy atom. The lowest BCUT2D eigenvalue weighted by Gasteiger charge is -2.17. The van der Waals surface area contributed by atoms with E-state index in [0.29, 0.717) is 22.5 Å². The number of aliphatic carboxylic acids is 1. The number of nitriles is 1. The Morgan fingerprint density at radius 1 is 1.13 bits per heavy atom. The molecule has 0 fully saturated rings. The highest BCUT2D eigenvalue weighted by molar-refractivity contribution is 5.89. The van der Waals surface area contributed by atoms with Crippen molar-refractivity contribution in [3.05, 3.63) is 59.7 Å². The van der Waals surface area contributed by atoms with Gasteiger partial charge in [0.05, 0.1) is 11.6 Å².